The van der Waals surface area contributed by atoms with Crippen molar-refractivity contribution in [3.05, 3.63) is 40.0 Å². The Morgan fingerprint density at radius 1 is 0.947 bits per heavy atom. The van der Waals surface area contributed by atoms with Crippen LogP contribution in [0.5, 0.6) is 0 Å². The molecule has 0 aromatic heterocycles. The summed E-state index contributed by atoms with van der Waals surface area (Å²) in [5, 5.41) is 0. The maximum atomic E-state index is 2.56. The molecule has 0 amide bonds. The van der Waals surface area contributed by atoms with Gasteiger partial charge in [0.25, 0.3) is 0 Å². The Morgan fingerprint density at radius 2 is 1.68 bits per heavy atom. The summed E-state index contributed by atoms with van der Waals surface area (Å²) in [6.07, 6.45) is 13.4. The molecule has 0 heterocycles. The second-order valence-electron chi connectivity index (χ2n) is 5.04. The van der Waals surface area contributed by atoms with E-state index in [1.165, 1.54) is 51.4 Å². The Balaban J connectivity index is 2.46. The van der Waals surface area contributed by atoms with Crippen molar-refractivity contribution in [2.45, 2.75) is 65.2 Å². The molecule has 0 saturated carbocycles. The van der Waals surface area contributed by atoms with Gasteiger partial charge < -0.3 is 0 Å². The van der Waals surface area contributed by atoms with Crippen molar-refractivity contribution in [1.29, 1.82) is 0 Å². The molecule has 1 rings (SSSR count). The van der Waals surface area contributed by atoms with E-state index in [9.17, 15) is 0 Å². The van der Waals surface area contributed by atoms with Crippen molar-refractivity contribution in [2.75, 3.05) is 0 Å². The summed E-state index contributed by atoms with van der Waals surface area (Å²) >= 11 is -0.112. The van der Waals surface area contributed by atoms with E-state index < -0.39 is 0 Å². The molecule has 1 aromatic rings. The van der Waals surface area contributed by atoms with E-state index in [0.717, 1.165) is 0 Å². The van der Waals surface area contributed by atoms with Gasteiger partial charge in [-0.15, -0.1) is 0 Å². The van der Waals surface area contributed by atoms with E-state index in [-0.39, 0.29) is 20.9 Å². The second kappa shape index (κ2) is 11.6. The van der Waals surface area contributed by atoms with Gasteiger partial charge in [0.05, 0.1) is 0 Å². The van der Waals surface area contributed by atoms with Crippen LogP contribution >= 0.6 is 0 Å². The van der Waals surface area contributed by atoms with Gasteiger partial charge in [-0.2, -0.15) is 0 Å². The maximum absolute atomic E-state index is 2.56. The molecule has 0 aliphatic heterocycles. The summed E-state index contributed by atoms with van der Waals surface area (Å²) < 4.78 is 3.37. The summed E-state index contributed by atoms with van der Waals surface area (Å²) in [4.78, 5) is 0. The van der Waals surface area contributed by atoms with Gasteiger partial charge in [0.2, 0.25) is 0 Å². The Hall–Kier alpha value is -0.250. The molecule has 1 aromatic carbocycles. The van der Waals surface area contributed by atoms with Crippen LogP contribution in [0.15, 0.2) is 40.0 Å². The van der Waals surface area contributed by atoms with Gasteiger partial charge in [-0.25, -0.2) is 0 Å². The molecule has 106 valence electrons. The van der Waals surface area contributed by atoms with E-state index in [4.69, 9.17) is 0 Å². The molecule has 0 unspecified atom stereocenters. The van der Waals surface area contributed by atoms with Crippen LogP contribution in [-0.2, 0) is 0 Å². The molecule has 0 bridgehead atoms. The summed E-state index contributed by atoms with van der Waals surface area (Å²) in [5.74, 6) is 0. The third kappa shape index (κ3) is 8.51. The molecule has 0 radical (unpaired) electrons. The standard InChI is InChI=1S/C18H28Te/c1-3-5-7-10-14-17(13-9-6-4-2)19-18-15-11-8-12-16-18/h8,11-13,15-16H,3-7,9-10,14H2,1-2H3/b17-13+. The van der Waals surface area contributed by atoms with Crippen LogP contribution in [0.4, 0.5) is 0 Å². The molecular weight excluding hydrogens is 344 g/mol. The van der Waals surface area contributed by atoms with Gasteiger partial charge >= 0.3 is 130 Å². The first kappa shape index (κ1) is 16.8. The van der Waals surface area contributed by atoms with Gasteiger partial charge in [-0.1, -0.05) is 0 Å². The summed E-state index contributed by atoms with van der Waals surface area (Å²) in [7, 11) is 0. The molecule has 0 aliphatic carbocycles. The molecular formula is C18H28Te. The zero-order valence-electron chi connectivity index (χ0n) is 12.5. The fraction of sp³-hybridized carbons (Fsp3) is 0.556. The van der Waals surface area contributed by atoms with Crippen LogP contribution in [0, 0.1) is 0 Å². The minimum atomic E-state index is -0.112. The van der Waals surface area contributed by atoms with Crippen molar-refractivity contribution >= 4 is 24.5 Å². The van der Waals surface area contributed by atoms with Crippen molar-refractivity contribution in [3.63, 3.8) is 0 Å². The van der Waals surface area contributed by atoms with Gasteiger partial charge in [0, 0.05) is 0 Å². The molecule has 0 nitrogen and oxygen atoms in total. The van der Waals surface area contributed by atoms with Crippen molar-refractivity contribution in [2.24, 2.45) is 0 Å². The third-order valence-electron chi connectivity index (χ3n) is 3.20. The van der Waals surface area contributed by atoms with Crippen LogP contribution in [0.3, 0.4) is 0 Å². The molecule has 0 saturated heterocycles. The number of hydrogen-bond donors (Lipinski definition) is 0. The Labute approximate surface area is 129 Å². The first-order valence-corrected chi connectivity index (χ1v) is 10.1. The first-order chi connectivity index (χ1) is 9.36. The quantitative estimate of drug-likeness (QED) is 0.398. The van der Waals surface area contributed by atoms with E-state index >= 15 is 0 Å². The summed E-state index contributed by atoms with van der Waals surface area (Å²) in [5.41, 5.74) is 0. The third-order valence-corrected chi connectivity index (χ3v) is 6.45. The fourth-order valence-electron chi connectivity index (χ4n) is 2.03. The summed E-state index contributed by atoms with van der Waals surface area (Å²) in [6.45, 7) is 4.57. The molecule has 0 N–H and O–H groups in total. The molecule has 0 fully saturated rings. The Morgan fingerprint density at radius 3 is 2.37 bits per heavy atom. The Kier molecular flexibility index (Phi) is 10.2. The predicted molar refractivity (Wildman–Crippen MR) is 88.2 cm³/mol. The van der Waals surface area contributed by atoms with Crippen LogP contribution < -0.4 is 3.61 Å². The predicted octanol–water partition coefficient (Wildman–Crippen LogP) is 5.06. The number of allylic oxidation sites excluding steroid dienone is 2. The van der Waals surface area contributed by atoms with E-state index in [1.54, 1.807) is 7.23 Å². The molecule has 0 atom stereocenters. The average Bonchev–Trinajstić information content (AvgIpc) is 2.44. The van der Waals surface area contributed by atoms with Crippen LogP contribution in [0.25, 0.3) is 0 Å². The van der Waals surface area contributed by atoms with Crippen molar-refractivity contribution < 1.29 is 0 Å². The number of unbranched alkanes of at least 4 members (excludes halogenated alkanes) is 5. The number of benzene rings is 1. The molecule has 1 heteroatoms. The van der Waals surface area contributed by atoms with Gasteiger partial charge in [-0.3, -0.25) is 0 Å². The monoisotopic (exact) mass is 374 g/mol. The topological polar surface area (TPSA) is 0 Å². The van der Waals surface area contributed by atoms with Crippen molar-refractivity contribution in [3.8, 4) is 0 Å². The second-order valence-corrected chi connectivity index (χ2v) is 8.46. The van der Waals surface area contributed by atoms with E-state index in [2.05, 4.69) is 50.3 Å². The fourth-order valence-corrected chi connectivity index (χ4v) is 5.01. The van der Waals surface area contributed by atoms with Gasteiger partial charge in [-0.05, 0) is 0 Å². The van der Waals surface area contributed by atoms with E-state index in [0.29, 0.717) is 0 Å². The van der Waals surface area contributed by atoms with E-state index in [1.807, 2.05) is 0 Å². The minimum absolute atomic E-state index is 0.112. The molecule has 19 heavy (non-hydrogen) atoms. The SMILES string of the molecule is CCCC/C=C(\CCCCCC)[Te]c1ccccc1. The Bertz CT molecular complexity index is 340. The number of hydrogen-bond acceptors (Lipinski definition) is 0. The zero-order valence-corrected chi connectivity index (χ0v) is 14.9. The average molecular weight is 372 g/mol. The normalized spacial score (nSPS) is 11.8. The van der Waals surface area contributed by atoms with Crippen molar-refractivity contribution in [1.82, 2.24) is 0 Å². The van der Waals surface area contributed by atoms with Crippen LogP contribution in [-0.4, -0.2) is 20.9 Å². The van der Waals surface area contributed by atoms with Crippen LogP contribution in [0.1, 0.15) is 65.2 Å². The van der Waals surface area contributed by atoms with Crippen LogP contribution in [0.2, 0.25) is 0 Å². The molecule has 0 aliphatic rings. The number of rotatable bonds is 10. The summed E-state index contributed by atoms with van der Waals surface area (Å²) in [6, 6.07) is 11.1. The zero-order chi connectivity index (χ0) is 13.8. The van der Waals surface area contributed by atoms with Gasteiger partial charge in [0.15, 0.2) is 0 Å². The first-order valence-electron chi connectivity index (χ1n) is 7.78. The van der Waals surface area contributed by atoms with Gasteiger partial charge in [0.1, 0.15) is 0 Å². The molecule has 0 spiro atoms.